The number of aliphatic hydroxyl groups excluding tert-OH is 1. The van der Waals surface area contributed by atoms with Crippen molar-refractivity contribution >= 4 is 0 Å². The smallest absolute Gasteiger partial charge is 0.119 e. The number of aliphatic hydroxyl groups is 1. The molecule has 0 radical (unpaired) electrons. The lowest BCUT2D eigenvalue weighted by Crippen LogP contribution is -1.99. The summed E-state index contributed by atoms with van der Waals surface area (Å²) in [5, 5.41) is 8.56. The zero-order valence-corrected chi connectivity index (χ0v) is 8.40. The van der Waals surface area contributed by atoms with Gasteiger partial charge in [-0.05, 0) is 17.7 Å². The van der Waals surface area contributed by atoms with E-state index in [1.165, 1.54) is 0 Å². The maximum atomic E-state index is 8.56. The van der Waals surface area contributed by atoms with Crippen LogP contribution in [0.2, 0.25) is 0 Å². The number of rotatable bonds is 6. The van der Waals surface area contributed by atoms with Crippen LogP contribution < -0.4 is 4.74 Å². The molecule has 14 heavy (non-hydrogen) atoms. The van der Waals surface area contributed by atoms with Gasteiger partial charge in [-0.15, -0.1) is 0 Å². The van der Waals surface area contributed by atoms with E-state index in [0.29, 0.717) is 19.6 Å². The highest BCUT2D eigenvalue weighted by atomic mass is 16.5. The molecule has 3 nitrogen and oxygen atoms in total. The second-order valence-electron chi connectivity index (χ2n) is 3.00. The third-order valence-electron chi connectivity index (χ3n) is 1.81. The molecule has 0 amide bonds. The molecule has 3 heteroatoms. The first-order valence-corrected chi connectivity index (χ1v) is 4.68. The van der Waals surface area contributed by atoms with Crippen LogP contribution in [0.5, 0.6) is 5.75 Å². The molecule has 0 aliphatic carbocycles. The van der Waals surface area contributed by atoms with Crippen LogP contribution in [0.1, 0.15) is 12.0 Å². The van der Waals surface area contributed by atoms with Crippen LogP contribution in [0.4, 0.5) is 0 Å². The predicted molar refractivity (Wildman–Crippen MR) is 54.4 cm³/mol. The first-order valence-electron chi connectivity index (χ1n) is 4.68. The van der Waals surface area contributed by atoms with Gasteiger partial charge in [-0.25, -0.2) is 0 Å². The molecule has 0 saturated heterocycles. The minimum atomic E-state index is 0.168. The Labute approximate surface area is 84.3 Å². The van der Waals surface area contributed by atoms with Crippen molar-refractivity contribution < 1.29 is 14.6 Å². The molecule has 1 aromatic rings. The second-order valence-corrected chi connectivity index (χ2v) is 3.00. The van der Waals surface area contributed by atoms with E-state index in [2.05, 4.69) is 0 Å². The van der Waals surface area contributed by atoms with Crippen molar-refractivity contribution in [2.45, 2.75) is 13.0 Å². The summed E-state index contributed by atoms with van der Waals surface area (Å²) in [5.74, 6) is 0.832. The summed E-state index contributed by atoms with van der Waals surface area (Å²) in [4.78, 5) is 0. The van der Waals surface area contributed by atoms with E-state index in [1.54, 1.807) is 7.11 Å². The molecule has 0 aromatic heterocycles. The molecule has 0 bridgehead atoms. The Kier molecular flexibility index (Phi) is 5.04. The lowest BCUT2D eigenvalue weighted by atomic mass is 10.2. The van der Waals surface area contributed by atoms with Gasteiger partial charge in [0.15, 0.2) is 0 Å². The van der Waals surface area contributed by atoms with Gasteiger partial charge in [-0.3, -0.25) is 0 Å². The van der Waals surface area contributed by atoms with Crippen molar-refractivity contribution in [1.29, 1.82) is 0 Å². The van der Waals surface area contributed by atoms with Gasteiger partial charge in [0.1, 0.15) is 5.75 Å². The minimum Gasteiger partial charge on any atom is -0.494 e. The summed E-state index contributed by atoms with van der Waals surface area (Å²) in [6, 6.07) is 7.76. The lowest BCUT2D eigenvalue weighted by Gasteiger charge is -2.05. The quantitative estimate of drug-likeness (QED) is 0.702. The highest BCUT2D eigenvalue weighted by molar-refractivity contribution is 5.26. The van der Waals surface area contributed by atoms with Crippen LogP contribution in [0.3, 0.4) is 0 Å². The highest BCUT2D eigenvalue weighted by Crippen LogP contribution is 2.12. The SMILES string of the molecule is COCc1ccc(OCCCO)cc1. The van der Waals surface area contributed by atoms with Gasteiger partial charge in [0.05, 0.1) is 13.2 Å². The van der Waals surface area contributed by atoms with Gasteiger partial charge < -0.3 is 14.6 Å². The fraction of sp³-hybridized carbons (Fsp3) is 0.455. The first-order chi connectivity index (χ1) is 6.86. The zero-order chi connectivity index (χ0) is 10.2. The zero-order valence-electron chi connectivity index (χ0n) is 8.40. The van der Waals surface area contributed by atoms with E-state index in [-0.39, 0.29) is 6.61 Å². The Bertz CT molecular complexity index is 243. The molecule has 0 fully saturated rings. The average Bonchev–Trinajstić information content (AvgIpc) is 2.21. The third-order valence-corrected chi connectivity index (χ3v) is 1.81. The largest absolute Gasteiger partial charge is 0.494 e. The molecule has 0 aliphatic heterocycles. The fourth-order valence-corrected chi connectivity index (χ4v) is 1.10. The predicted octanol–water partition coefficient (Wildman–Crippen LogP) is 1.59. The molecule has 0 saturated carbocycles. The van der Waals surface area contributed by atoms with Crippen LogP contribution in [0.25, 0.3) is 0 Å². The maximum absolute atomic E-state index is 8.56. The Morgan fingerprint density at radius 1 is 1.21 bits per heavy atom. The summed E-state index contributed by atoms with van der Waals surface area (Å²) in [7, 11) is 1.67. The summed E-state index contributed by atoms with van der Waals surface area (Å²) < 4.78 is 10.4. The molecule has 0 aliphatic rings. The summed E-state index contributed by atoms with van der Waals surface area (Å²) in [6.07, 6.45) is 0.666. The van der Waals surface area contributed by atoms with E-state index >= 15 is 0 Å². The lowest BCUT2D eigenvalue weighted by molar-refractivity contribution is 0.184. The monoisotopic (exact) mass is 196 g/mol. The van der Waals surface area contributed by atoms with Crippen LogP contribution in [0.15, 0.2) is 24.3 Å². The van der Waals surface area contributed by atoms with Crippen molar-refractivity contribution in [1.82, 2.24) is 0 Å². The van der Waals surface area contributed by atoms with E-state index < -0.39 is 0 Å². The normalized spacial score (nSPS) is 10.1. The van der Waals surface area contributed by atoms with Crippen LogP contribution in [-0.2, 0) is 11.3 Å². The Hall–Kier alpha value is -1.06. The standard InChI is InChI=1S/C11H16O3/c1-13-9-10-3-5-11(6-4-10)14-8-2-7-12/h3-6,12H,2,7-9H2,1H3. The van der Waals surface area contributed by atoms with Crippen LogP contribution in [0, 0.1) is 0 Å². The van der Waals surface area contributed by atoms with Gasteiger partial charge in [-0.1, -0.05) is 12.1 Å². The fourth-order valence-electron chi connectivity index (χ4n) is 1.10. The first kappa shape index (κ1) is 11.0. The van der Waals surface area contributed by atoms with Gasteiger partial charge in [0.2, 0.25) is 0 Å². The molecular weight excluding hydrogens is 180 g/mol. The van der Waals surface area contributed by atoms with E-state index in [0.717, 1.165) is 11.3 Å². The molecule has 0 unspecified atom stereocenters. The van der Waals surface area contributed by atoms with Crippen LogP contribution in [-0.4, -0.2) is 25.4 Å². The van der Waals surface area contributed by atoms with Gasteiger partial charge in [-0.2, -0.15) is 0 Å². The van der Waals surface area contributed by atoms with Crippen molar-refractivity contribution in [3.63, 3.8) is 0 Å². The molecular formula is C11H16O3. The molecule has 1 aromatic carbocycles. The molecule has 0 spiro atoms. The van der Waals surface area contributed by atoms with E-state index in [4.69, 9.17) is 14.6 Å². The van der Waals surface area contributed by atoms with Crippen molar-refractivity contribution in [3.05, 3.63) is 29.8 Å². The summed E-state index contributed by atoms with van der Waals surface area (Å²) >= 11 is 0. The topological polar surface area (TPSA) is 38.7 Å². The Balaban J connectivity index is 2.38. The highest BCUT2D eigenvalue weighted by Gasteiger charge is 1.94. The average molecular weight is 196 g/mol. The molecule has 78 valence electrons. The number of hydrogen-bond acceptors (Lipinski definition) is 3. The van der Waals surface area contributed by atoms with Crippen molar-refractivity contribution in [3.8, 4) is 5.75 Å². The molecule has 1 N–H and O–H groups in total. The molecule has 0 heterocycles. The molecule has 1 rings (SSSR count). The number of benzene rings is 1. The third kappa shape index (κ3) is 3.77. The van der Waals surface area contributed by atoms with E-state index in [9.17, 15) is 0 Å². The molecule has 0 atom stereocenters. The summed E-state index contributed by atoms with van der Waals surface area (Å²) in [5.41, 5.74) is 1.13. The number of ether oxygens (including phenoxy) is 2. The van der Waals surface area contributed by atoms with Crippen molar-refractivity contribution in [2.24, 2.45) is 0 Å². The Morgan fingerprint density at radius 2 is 1.93 bits per heavy atom. The Morgan fingerprint density at radius 3 is 2.50 bits per heavy atom. The van der Waals surface area contributed by atoms with Crippen LogP contribution >= 0.6 is 0 Å². The summed E-state index contributed by atoms with van der Waals surface area (Å²) in [6.45, 7) is 1.35. The van der Waals surface area contributed by atoms with Crippen molar-refractivity contribution in [2.75, 3.05) is 20.3 Å². The minimum absolute atomic E-state index is 0.168. The number of hydrogen-bond donors (Lipinski definition) is 1. The second kappa shape index (κ2) is 6.40. The van der Waals surface area contributed by atoms with Gasteiger partial charge in [0.25, 0.3) is 0 Å². The van der Waals surface area contributed by atoms with Gasteiger partial charge >= 0.3 is 0 Å². The number of methoxy groups -OCH3 is 1. The van der Waals surface area contributed by atoms with E-state index in [1.807, 2.05) is 24.3 Å². The van der Waals surface area contributed by atoms with Gasteiger partial charge in [0, 0.05) is 20.1 Å². The maximum Gasteiger partial charge on any atom is 0.119 e.